The SMILES string of the molecule is CC1=C2CCC(C)C2C2C(CC1O)C2(C)C. The fourth-order valence-corrected chi connectivity index (χ4v) is 4.68. The van der Waals surface area contributed by atoms with Crippen LogP contribution in [-0.4, -0.2) is 11.2 Å². The van der Waals surface area contributed by atoms with Gasteiger partial charge in [0.1, 0.15) is 0 Å². The monoisotopic (exact) mass is 220 g/mol. The van der Waals surface area contributed by atoms with Crippen LogP contribution in [0.2, 0.25) is 0 Å². The van der Waals surface area contributed by atoms with E-state index in [-0.39, 0.29) is 6.10 Å². The molecule has 0 amide bonds. The summed E-state index contributed by atoms with van der Waals surface area (Å²) in [5, 5.41) is 10.3. The van der Waals surface area contributed by atoms with Gasteiger partial charge in [-0.05, 0) is 60.8 Å². The Kier molecular flexibility index (Phi) is 2.12. The molecule has 16 heavy (non-hydrogen) atoms. The van der Waals surface area contributed by atoms with E-state index in [1.54, 1.807) is 5.57 Å². The highest BCUT2D eigenvalue weighted by molar-refractivity contribution is 5.31. The minimum atomic E-state index is -0.153. The van der Waals surface area contributed by atoms with Crippen molar-refractivity contribution in [3.05, 3.63) is 11.1 Å². The molecule has 3 aliphatic rings. The standard InChI is InChI=1S/C15H24O/c1-8-5-6-10-9(2)12(16)7-11-14(13(8)10)15(11,3)4/h8,11-14,16H,5-7H2,1-4H3. The van der Waals surface area contributed by atoms with Gasteiger partial charge < -0.3 is 5.11 Å². The Morgan fingerprint density at radius 1 is 1.31 bits per heavy atom. The predicted octanol–water partition coefficient (Wildman–Crippen LogP) is 3.39. The molecule has 1 N–H and O–H groups in total. The van der Waals surface area contributed by atoms with Crippen LogP contribution < -0.4 is 0 Å². The summed E-state index contributed by atoms with van der Waals surface area (Å²) in [6, 6.07) is 0. The van der Waals surface area contributed by atoms with E-state index in [1.807, 2.05) is 0 Å². The molecule has 0 spiro atoms. The van der Waals surface area contributed by atoms with E-state index in [4.69, 9.17) is 0 Å². The third kappa shape index (κ3) is 1.21. The number of fused-ring (bicyclic) bond motifs is 3. The first-order valence-electron chi connectivity index (χ1n) is 6.82. The lowest BCUT2D eigenvalue weighted by Crippen LogP contribution is -2.15. The Morgan fingerprint density at radius 3 is 2.69 bits per heavy atom. The average molecular weight is 220 g/mol. The van der Waals surface area contributed by atoms with E-state index in [0.717, 1.165) is 30.1 Å². The van der Waals surface area contributed by atoms with Crippen molar-refractivity contribution in [1.82, 2.24) is 0 Å². The molecule has 0 aromatic heterocycles. The molecule has 0 aliphatic heterocycles. The fourth-order valence-electron chi connectivity index (χ4n) is 4.68. The Labute approximate surface area is 98.9 Å². The zero-order valence-corrected chi connectivity index (χ0v) is 11.0. The van der Waals surface area contributed by atoms with Gasteiger partial charge in [0.2, 0.25) is 0 Å². The summed E-state index contributed by atoms with van der Waals surface area (Å²) in [6.07, 6.45) is 3.44. The molecule has 0 bridgehead atoms. The van der Waals surface area contributed by atoms with Crippen molar-refractivity contribution in [2.75, 3.05) is 0 Å². The minimum Gasteiger partial charge on any atom is -0.389 e. The Bertz CT molecular complexity index is 352. The lowest BCUT2D eigenvalue weighted by Gasteiger charge is -2.22. The number of aliphatic hydroxyl groups excluding tert-OH is 1. The van der Waals surface area contributed by atoms with Crippen molar-refractivity contribution in [3.63, 3.8) is 0 Å². The first-order chi connectivity index (χ1) is 7.44. The number of aliphatic hydroxyl groups is 1. The minimum absolute atomic E-state index is 0.153. The van der Waals surface area contributed by atoms with Crippen LogP contribution in [0.3, 0.4) is 0 Å². The summed E-state index contributed by atoms with van der Waals surface area (Å²) in [6.45, 7) is 9.38. The van der Waals surface area contributed by atoms with E-state index in [2.05, 4.69) is 27.7 Å². The van der Waals surface area contributed by atoms with Gasteiger partial charge in [-0.15, -0.1) is 0 Å². The molecule has 1 heteroatoms. The Hall–Kier alpha value is -0.300. The molecular formula is C15H24O. The number of hydrogen-bond acceptors (Lipinski definition) is 1. The highest BCUT2D eigenvalue weighted by Crippen LogP contribution is 2.69. The quantitative estimate of drug-likeness (QED) is 0.620. The second kappa shape index (κ2) is 3.13. The van der Waals surface area contributed by atoms with Gasteiger partial charge in [-0.3, -0.25) is 0 Å². The maximum Gasteiger partial charge on any atom is 0.0753 e. The van der Waals surface area contributed by atoms with Crippen molar-refractivity contribution in [2.45, 2.75) is 53.1 Å². The Balaban J connectivity index is 2.03. The van der Waals surface area contributed by atoms with E-state index in [1.165, 1.54) is 18.4 Å². The molecule has 0 heterocycles. The highest BCUT2D eigenvalue weighted by Gasteiger charge is 2.64. The smallest absolute Gasteiger partial charge is 0.0753 e. The van der Waals surface area contributed by atoms with Crippen LogP contribution >= 0.6 is 0 Å². The molecule has 3 rings (SSSR count). The molecule has 90 valence electrons. The van der Waals surface area contributed by atoms with Gasteiger partial charge in [-0.2, -0.15) is 0 Å². The molecular weight excluding hydrogens is 196 g/mol. The molecule has 2 fully saturated rings. The van der Waals surface area contributed by atoms with Crippen LogP contribution in [0, 0.1) is 29.1 Å². The van der Waals surface area contributed by atoms with E-state index < -0.39 is 0 Å². The van der Waals surface area contributed by atoms with Gasteiger partial charge >= 0.3 is 0 Å². The van der Waals surface area contributed by atoms with Crippen LogP contribution in [0.5, 0.6) is 0 Å². The number of allylic oxidation sites excluding steroid dienone is 1. The van der Waals surface area contributed by atoms with Gasteiger partial charge in [0, 0.05) is 0 Å². The van der Waals surface area contributed by atoms with Gasteiger partial charge in [0.25, 0.3) is 0 Å². The van der Waals surface area contributed by atoms with E-state index >= 15 is 0 Å². The van der Waals surface area contributed by atoms with Gasteiger partial charge in [-0.25, -0.2) is 0 Å². The molecule has 1 nitrogen and oxygen atoms in total. The summed E-state index contributed by atoms with van der Waals surface area (Å²) in [5.41, 5.74) is 3.42. The third-order valence-electron chi connectivity index (χ3n) is 5.89. The lowest BCUT2D eigenvalue weighted by molar-refractivity contribution is 0.186. The first kappa shape index (κ1) is 10.8. The molecule has 0 saturated heterocycles. The first-order valence-corrected chi connectivity index (χ1v) is 6.82. The highest BCUT2D eigenvalue weighted by atomic mass is 16.3. The van der Waals surface area contributed by atoms with Crippen LogP contribution in [0.15, 0.2) is 11.1 Å². The van der Waals surface area contributed by atoms with Gasteiger partial charge in [-0.1, -0.05) is 26.3 Å². The van der Waals surface area contributed by atoms with Crippen molar-refractivity contribution in [3.8, 4) is 0 Å². The number of hydrogen-bond donors (Lipinski definition) is 1. The van der Waals surface area contributed by atoms with Gasteiger partial charge in [0.15, 0.2) is 0 Å². The van der Waals surface area contributed by atoms with Crippen molar-refractivity contribution >= 4 is 0 Å². The maximum atomic E-state index is 10.3. The largest absolute Gasteiger partial charge is 0.389 e. The topological polar surface area (TPSA) is 20.2 Å². The van der Waals surface area contributed by atoms with Crippen molar-refractivity contribution in [1.29, 1.82) is 0 Å². The Morgan fingerprint density at radius 2 is 2.00 bits per heavy atom. The summed E-state index contributed by atoms with van der Waals surface area (Å²) >= 11 is 0. The molecule has 0 aromatic carbocycles. The van der Waals surface area contributed by atoms with E-state index in [0.29, 0.717) is 5.41 Å². The van der Waals surface area contributed by atoms with Crippen LogP contribution in [0.25, 0.3) is 0 Å². The van der Waals surface area contributed by atoms with Gasteiger partial charge in [0.05, 0.1) is 6.10 Å². The second-order valence-electron chi connectivity index (χ2n) is 6.96. The summed E-state index contributed by atoms with van der Waals surface area (Å²) in [5.74, 6) is 3.24. The third-order valence-corrected chi connectivity index (χ3v) is 5.89. The zero-order chi connectivity index (χ0) is 11.7. The molecule has 0 radical (unpaired) electrons. The average Bonchev–Trinajstić information content (AvgIpc) is 2.58. The normalized spacial score (nSPS) is 49.7. The zero-order valence-electron chi connectivity index (χ0n) is 11.0. The van der Waals surface area contributed by atoms with Crippen LogP contribution in [0.4, 0.5) is 0 Å². The van der Waals surface area contributed by atoms with E-state index in [9.17, 15) is 5.11 Å². The fraction of sp³-hybridized carbons (Fsp3) is 0.867. The summed E-state index contributed by atoms with van der Waals surface area (Å²) < 4.78 is 0. The molecule has 0 aromatic rings. The molecule has 3 aliphatic carbocycles. The van der Waals surface area contributed by atoms with Crippen molar-refractivity contribution in [2.24, 2.45) is 29.1 Å². The lowest BCUT2D eigenvalue weighted by atomic mass is 9.84. The van der Waals surface area contributed by atoms with Crippen LogP contribution in [0.1, 0.15) is 47.0 Å². The second-order valence-corrected chi connectivity index (χ2v) is 6.96. The molecule has 5 atom stereocenters. The van der Waals surface area contributed by atoms with Crippen LogP contribution in [-0.2, 0) is 0 Å². The summed E-state index contributed by atoms with van der Waals surface area (Å²) in [7, 11) is 0. The number of rotatable bonds is 0. The molecule has 2 saturated carbocycles. The molecule has 5 unspecified atom stereocenters. The maximum absolute atomic E-state index is 10.3. The summed E-state index contributed by atoms with van der Waals surface area (Å²) in [4.78, 5) is 0. The predicted molar refractivity (Wildman–Crippen MR) is 66.0 cm³/mol. The van der Waals surface area contributed by atoms with Crippen molar-refractivity contribution < 1.29 is 5.11 Å².